The summed E-state index contributed by atoms with van der Waals surface area (Å²) in [5.41, 5.74) is 0.681. The molecule has 23 heavy (non-hydrogen) atoms. The Morgan fingerprint density at radius 1 is 1.13 bits per heavy atom. The Hall–Kier alpha value is -2.24. The van der Waals surface area contributed by atoms with Crippen molar-refractivity contribution in [3.8, 4) is 5.75 Å². The van der Waals surface area contributed by atoms with Gasteiger partial charge in [-0.25, -0.2) is 4.79 Å². The van der Waals surface area contributed by atoms with E-state index in [9.17, 15) is 9.59 Å². The van der Waals surface area contributed by atoms with Crippen molar-refractivity contribution in [1.82, 2.24) is 0 Å². The first kappa shape index (κ1) is 17.1. The van der Waals surface area contributed by atoms with Gasteiger partial charge >= 0.3 is 5.97 Å². The second-order valence-electron chi connectivity index (χ2n) is 4.48. The van der Waals surface area contributed by atoms with Gasteiger partial charge in [0.25, 0.3) is 5.91 Å². The summed E-state index contributed by atoms with van der Waals surface area (Å²) in [7, 11) is 1.53. The van der Waals surface area contributed by atoms with E-state index in [0.717, 1.165) is 0 Å². The van der Waals surface area contributed by atoms with Crippen LogP contribution in [0.5, 0.6) is 5.75 Å². The topological polar surface area (TPSA) is 64.6 Å². The number of esters is 1. The van der Waals surface area contributed by atoms with Crippen molar-refractivity contribution in [2.45, 2.75) is 0 Å². The molecule has 0 aliphatic carbocycles. The Bertz CT molecular complexity index is 734. The first-order chi connectivity index (χ1) is 11.0. The van der Waals surface area contributed by atoms with Gasteiger partial charge in [-0.3, -0.25) is 4.79 Å². The molecule has 5 nitrogen and oxygen atoms in total. The molecule has 0 aliphatic rings. The summed E-state index contributed by atoms with van der Waals surface area (Å²) in [6, 6.07) is 11.2. The molecule has 0 aliphatic heterocycles. The largest absolute Gasteiger partial charge is 0.497 e. The van der Waals surface area contributed by atoms with Crippen molar-refractivity contribution in [1.29, 1.82) is 0 Å². The first-order valence-corrected chi connectivity index (χ1v) is 7.31. The number of ether oxygens (including phenoxy) is 2. The molecule has 0 spiro atoms. The molecule has 0 unspecified atom stereocenters. The number of rotatable bonds is 5. The second-order valence-corrected chi connectivity index (χ2v) is 5.32. The number of nitrogens with one attached hydrogen (secondary N) is 1. The molecule has 0 atom stereocenters. The Morgan fingerprint density at radius 3 is 2.61 bits per heavy atom. The number of amides is 1. The van der Waals surface area contributed by atoms with Crippen LogP contribution in [-0.4, -0.2) is 25.6 Å². The summed E-state index contributed by atoms with van der Waals surface area (Å²) >= 11 is 11.7. The van der Waals surface area contributed by atoms with Gasteiger partial charge < -0.3 is 14.8 Å². The summed E-state index contributed by atoms with van der Waals surface area (Å²) < 4.78 is 9.98. The summed E-state index contributed by atoms with van der Waals surface area (Å²) in [5.74, 6) is -0.572. The molecule has 0 heterocycles. The Morgan fingerprint density at radius 2 is 1.91 bits per heavy atom. The summed E-state index contributed by atoms with van der Waals surface area (Å²) in [6.45, 7) is -0.436. The Labute approximate surface area is 143 Å². The summed E-state index contributed by atoms with van der Waals surface area (Å²) in [5, 5.41) is 3.16. The maximum absolute atomic E-state index is 11.9. The number of hydrogen-bond donors (Lipinski definition) is 1. The number of benzene rings is 2. The van der Waals surface area contributed by atoms with Crippen LogP contribution in [0.1, 0.15) is 10.4 Å². The molecule has 2 aromatic carbocycles. The van der Waals surface area contributed by atoms with Crippen molar-refractivity contribution < 1.29 is 19.1 Å². The molecule has 1 amide bonds. The van der Waals surface area contributed by atoms with Crippen LogP contribution in [0, 0.1) is 0 Å². The molecule has 2 rings (SSSR count). The zero-order valence-corrected chi connectivity index (χ0v) is 13.6. The second kappa shape index (κ2) is 7.85. The number of carbonyl (C=O) groups is 2. The molecule has 0 aromatic heterocycles. The highest BCUT2D eigenvalue weighted by molar-refractivity contribution is 6.36. The normalized spacial score (nSPS) is 10.0. The highest BCUT2D eigenvalue weighted by Crippen LogP contribution is 2.21. The highest BCUT2D eigenvalue weighted by Gasteiger charge is 2.14. The molecule has 0 saturated heterocycles. The monoisotopic (exact) mass is 353 g/mol. The maximum Gasteiger partial charge on any atom is 0.340 e. The van der Waals surface area contributed by atoms with E-state index in [-0.39, 0.29) is 10.6 Å². The van der Waals surface area contributed by atoms with Crippen LogP contribution in [0.2, 0.25) is 10.0 Å². The SMILES string of the molecule is COc1cccc(NC(=O)COC(=O)c2ccc(Cl)cc2Cl)c1. The fourth-order valence-corrected chi connectivity index (χ4v) is 2.25. The van der Waals surface area contributed by atoms with Crippen LogP contribution in [0.4, 0.5) is 5.69 Å². The van der Waals surface area contributed by atoms with Gasteiger partial charge in [-0.2, -0.15) is 0 Å². The Kier molecular flexibility index (Phi) is 5.84. The average Bonchev–Trinajstić information content (AvgIpc) is 2.53. The van der Waals surface area contributed by atoms with Crippen molar-refractivity contribution in [2.24, 2.45) is 0 Å². The fourth-order valence-electron chi connectivity index (χ4n) is 1.76. The van der Waals surface area contributed by atoms with Gasteiger partial charge in [-0.05, 0) is 30.3 Å². The summed E-state index contributed by atoms with van der Waals surface area (Å²) in [6.07, 6.45) is 0. The van der Waals surface area contributed by atoms with Crippen molar-refractivity contribution in [2.75, 3.05) is 19.0 Å². The fraction of sp³-hybridized carbons (Fsp3) is 0.125. The van der Waals surface area contributed by atoms with Gasteiger partial charge in [0.05, 0.1) is 17.7 Å². The zero-order chi connectivity index (χ0) is 16.8. The molecular weight excluding hydrogens is 341 g/mol. The minimum absolute atomic E-state index is 0.144. The average molecular weight is 354 g/mol. The predicted octanol–water partition coefficient (Wildman–Crippen LogP) is 3.80. The lowest BCUT2D eigenvalue weighted by molar-refractivity contribution is -0.119. The van der Waals surface area contributed by atoms with Crippen LogP contribution in [0.15, 0.2) is 42.5 Å². The molecule has 120 valence electrons. The number of halogens is 2. The minimum atomic E-state index is -0.701. The summed E-state index contributed by atoms with van der Waals surface area (Å²) in [4.78, 5) is 23.7. The molecule has 2 aromatic rings. The van der Waals surface area contributed by atoms with E-state index >= 15 is 0 Å². The molecular formula is C16H13Cl2NO4. The van der Waals surface area contributed by atoms with Crippen LogP contribution in [-0.2, 0) is 9.53 Å². The van der Waals surface area contributed by atoms with E-state index < -0.39 is 18.5 Å². The molecule has 7 heteroatoms. The molecule has 1 N–H and O–H groups in total. The number of methoxy groups -OCH3 is 1. The van der Waals surface area contributed by atoms with Gasteiger partial charge in [0.15, 0.2) is 6.61 Å². The minimum Gasteiger partial charge on any atom is -0.497 e. The van der Waals surface area contributed by atoms with Crippen molar-refractivity contribution in [3.63, 3.8) is 0 Å². The van der Waals surface area contributed by atoms with E-state index in [2.05, 4.69) is 5.32 Å². The van der Waals surface area contributed by atoms with Gasteiger partial charge in [0, 0.05) is 16.8 Å². The smallest absolute Gasteiger partial charge is 0.340 e. The lowest BCUT2D eigenvalue weighted by Gasteiger charge is -2.08. The van der Waals surface area contributed by atoms with Crippen LogP contribution < -0.4 is 10.1 Å². The first-order valence-electron chi connectivity index (χ1n) is 6.55. The highest BCUT2D eigenvalue weighted by atomic mass is 35.5. The maximum atomic E-state index is 11.9. The quantitative estimate of drug-likeness (QED) is 0.830. The zero-order valence-electron chi connectivity index (χ0n) is 12.1. The lowest BCUT2D eigenvalue weighted by atomic mass is 10.2. The van der Waals surface area contributed by atoms with Crippen LogP contribution in [0.25, 0.3) is 0 Å². The van der Waals surface area contributed by atoms with E-state index in [1.54, 1.807) is 24.3 Å². The third-order valence-corrected chi connectivity index (χ3v) is 3.39. The predicted molar refractivity (Wildman–Crippen MR) is 88.4 cm³/mol. The lowest BCUT2D eigenvalue weighted by Crippen LogP contribution is -2.21. The molecule has 0 bridgehead atoms. The third-order valence-electron chi connectivity index (χ3n) is 2.84. The molecule has 0 radical (unpaired) electrons. The van der Waals surface area contributed by atoms with Gasteiger partial charge in [-0.15, -0.1) is 0 Å². The van der Waals surface area contributed by atoms with E-state index in [4.69, 9.17) is 32.7 Å². The van der Waals surface area contributed by atoms with Crippen LogP contribution >= 0.6 is 23.2 Å². The molecule has 0 fully saturated rings. The van der Waals surface area contributed by atoms with E-state index in [0.29, 0.717) is 16.5 Å². The van der Waals surface area contributed by atoms with Crippen LogP contribution in [0.3, 0.4) is 0 Å². The Balaban J connectivity index is 1.92. The number of anilines is 1. The van der Waals surface area contributed by atoms with Gasteiger partial charge in [0.1, 0.15) is 5.75 Å². The van der Waals surface area contributed by atoms with Gasteiger partial charge in [0.2, 0.25) is 0 Å². The van der Waals surface area contributed by atoms with Gasteiger partial charge in [-0.1, -0.05) is 29.3 Å². The molecule has 0 saturated carbocycles. The van der Waals surface area contributed by atoms with Crippen molar-refractivity contribution >= 4 is 40.8 Å². The number of carbonyl (C=O) groups excluding carboxylic acids is 2. The van der Waals surface area contributed by atoms with E-state index in [1.165, 1.54) is 25.3 Å². The standard InChI is InChI=1S/C16H13Cl2NO4/c1-22-12-4-2-3-11(8-12)19-15(20)9-23-16(21)13-6-5-10(17)7-14(13)18/h2-8H,9H2,1H3,(H,19,20). The third kappa shape index (κ3) is 4.87. The van der Waals surface area contributed by atoms with Crippen molar-refractivity contribution in [3.05, 3.63) is 58.1 Å². The van der Waals surface area contributed by atoms with E-state index in [1.807, 2.05) is 0 Å². The number of hydrogen-bond acceptors (Lipinski definition) is 4.